The summed E-state index contributed by atoms with van der Waals surface area (Å²) in [6, 6.07) is 16.6. The van der Waals surface area contributed by atoms with Gasteiger partial charge in [0.05, 0.1) is 0 Å². The molecule has 116 valence electrons. The Morgan fingerprint density at radius 3 is 2.27 bits per heavy atom. The standard InChI is InChI=1S/C21H27N/c1-21(2,3)18-12-10-15(11-13-18)17-9-8-16-6-5-7-20(22-4)19(16)14-17/h8-14,20,22H,5-7H2,1-4H3. The highest BCUT2D eigenvalue weighted by molar-refractivity contribution is 5.66. The summed E-state index contributed by atoms with van der Waals surface area (Å²) in [6.07, 6.45) is 3.75. The number of fused-ring (bicyclic) bond motifs is 1. The molecule has 0 radical (unpaired) electrons. The Morgan fingerprint density at radius 1 is 0.955 bits per heavy atom. The van der Waals surface area contributed by atoms with E-state index in [0.29, 0.717) is 6.04 Å². The molecule has 0 fully saturated rings. The maximum atomic E-state index is 3.47. The van der Waals surface area contributed by atoms with Gasteiger partial charge in [0.1, 0.15) is 0 Å². The van der Waals surface area contributed by atoms with E-state index in [1.807, 2.05) is 0 Å². The smallest absolute Gasteiger partial charge is 0.0320 e. The van der Waals surface area contributed by atoms with Crippen LogP contribution in [0.2, 0.25) is 0 Å². The Balaban J connectivity index is 1.95. The Morgan fingerprint density at radius 2 is 1.64 bits per heavy atom. The lowest BCUT2D eigenvalue weighted by atomic mass is 9.84. The zero-order valence-electron chi connectivity index (χ0n) is 14.2. The summed E-state index contributed by atoms with van der Waals surface area (Å²) < 4.78 is 0. The molecule has 1 unspecified atom stereocenters. The summed E-state index contributed by atoms with van der Waals surface area (Å²) in [4.78, 5) is 0. The van der Waals surface area contributed by atoms with Crippen LogP contribution in [0, 0.1) is 0 Å². The van der Waals surface area contributed by atoms with Gasteiger partial charge in [0, 0.05) is 6.04 Å². The number of rotatable bonds is 2. The molecule has 1 aliphatic rings. The molecule has 2 aromatic carbocycles. The quantitative estimate of drug-likeness (QED) is 0.797. The molecule has 0 aromatic heterocycles. The van der Waals surface area contributed by atoms with Gasteiger partial charge in [-0.15, -0.1) is 0 Å². The van der Waals surface area contributed by atoms with Gasteiger partial charge < -0.3 is 5.32 Å². The summed E-state index contributed by atoms with van der Waals surface area (Å²) in [5.74, 6) is 0. The van der Waals surface area contributed by atoms with E-state index in [9.17, 15) is 0 Å². The third kappa shape index (κ3) is 2.96. The summed E-state index contributed by atoms with van der Waals surface area (Å²) in [5, 5.41) is 3.47. The maximum absolute atomic E-state index is 3.47. The SMILES string of the molecule is CNC1CCCc2ccc(-c3ccc(C(C)(C)C)cc3)cc21. The average molecular weight is 293 g/mol. The molecule has 0 saturated heterocycles. The van der Waals surface area contributed by atoms with E-state index < -0.39 is 0 Å². The van der Waals surface area contributed by atoms with Crippen molar-refractivity contribution in [3.05, 3.63) is 59.2 Å². The fourth-order valence-corrected chi connectivity index (χ4v) is 3.44. The zero-order valence-corrected chi connectivity index (χ0v) is 14.2. The first-order valence-corrected chi connectivity index (χ1v) is 8.40. The van der Waals surface area contributed by atoms with Gasteiger partial charge in [-0.2, -0.15) is 0 Å². The monoisotopic (exact) mass is 293 g/mol. The van der Waals surface area contributed by atoms with Crippen LogP contribution >= 0.6 is 0 Å². The topological polar surface area (TPSA) is 12.0 Å². The minimum atomic E-state index is 0.214. The van der Waals surface area contributed by atoms with E-state index in [1.165, 1.54) is 47.1 Å². The minimum Gasteiger partial charge on any atom is -0.313 e. The van der Waals surface area contributed by atoms with Crippen molar-refractivity contribution < 1.29 is 0 Å². The van der Waals surface area contributed by atoms with Gasteiger partial charge in [0.15, 0.2) is 0 Å². The fourth-order valence-electron chi connectivity index (χ4n) is 3.44. The third-order valence-corrected chi connectivity index (χ3v) is 4.89. The highest BCUT2D eigenvalue weighted by Crippen LogP contribution is 2.33. The fraction of sp³-hybridized carbons (Fsp3) is 0.429. The second-order valence-electron chi connectivity index (χ2n) is 7.47. The minimum absolute atomic E-state index is 0.214. The van der Waals surface area contributed by atoms with Crippen LogP contribution < -0.4 is 5.32 Å². The molecule has 0 amide bonds. The molecular weight excluding hydrogens is 266 g/mol. The van der Waals surface area contributed by atoms with Crippen LogP contribution in [0.5, 0.6) is 0 Å². The van der Waals surface area contributed by atoms with Crippen LogP contribution in [-0.2, 0) is 11.8 Å². The first kappa shape index (κ1) is 15.3. The number of aryl methyl sites for hydroxylation is 1. The van der Waals surface area contributed by atoms with Crippen molar-refractivity contribution in [3.8, 4) is 11.1 Å². The molecule has 1 nitrogen and oxygen atoms in total. The van der Waals surface area contributed by atoms with Crippen LogP contribution in [0.4, 0.5) is 0 Å². The number of benzene rings is 2. The van der Waals surface area contributed by atoms with Gasteiger partial charge in [0.2, 0.25) is 0 Å². The van der Waals surface area contributed by atoms with Gasteiger partial charge in [-0.3, -0.25) is 0 Å². The normalized spacial score (nSPS) is 18.1. The van der Waals surface area contributed by atoms with Crippen LogP contribution in [0.15, 0.2) is 42.5 Å². The second-order valence-corrected chi connectivity index (χ2v) is 7.47. The molecule has 0 spiro atoms. The molecule has 0 aliphatic heterocycles. The summed E-state index contributed by atoms with van der Waals surface area (Å²) in [7, 11) is 2.07. The van der Waals surface area contributed by atoms with Crippen LogP contribution in [0.3, 0.4) is 0 Å². The highest BCUT2D eigenvalue weighted by atomic mass is 14.9. The van der Waals surface area contributed by atoms with Crippen molar-refractivity contribution in [3.63, 3.8) is 0 Å². The third-order valence-electron chi connectivity index (χ3n) is 4.89. The molecule has 22 heavy (non-hydrogen) atoms. The van der Waals surface area contributed by atoms with Crippen LogP contribution in [0.1, 0.15) is 56.3 Å². The van der Waals surface area contributed by atoms with E-state index >= 15 is 0 Å². The molecule has 2 aromatic rings. The Labute approximate surface area is 134 Å². The lowest BCUT2D eigenvalue weighted by molar-refractivity contribution is 0.497. The molecule has 1 heteroatoms. The molecule has 1 aliphatic carbocycles. The van der Waals surface area contributed by atoms with Crippen molar-refractivity contribution in [2.75, 3.05) is 7.05 Å². The van der Waals surface area contributed by atoms with Gasteiger partial charge >= 0.3 is 0 Å². The van der Waals surface area contributed by atoms with Crippen molar-refractivity contribution in [1.29, 1.82) is 0 Å². The summed E-state index contributed by atoms with van der Waals surface area (Å²) >= 11 is 0. The molecule has 3 rings (SSSR count). The highest BCUT2D eigenvalue weighted by Gasteiger charge is 2.19. The Bertz CT molecular complexity index is 647. The predicted octanol–water partition coefficient (Wildman–Crippen LogP) is 5.25. The number of nitrogens with one attached hydrogen (secondary N) is 1. The van der Waals surface area contributed by atoms with Gasteiger partial charge in [0.25, 0.3) is 0 Å². The Hall–Kier alpha value is -1.60. The van der Waals surface area contributed by atoms with Gasteiger partial charge in [-0.25, -0.2) is 0 Å². The van der Waals surface area contributed by atoms with Crippen LogP contribution in [0.25, 0.3) is 11.1 Å². The largest absolute Gasteiger partial charge is 0.313 e. The maximum Gasteiger partial charge on any atom is 0.0320 e. The average Bonchev–Trinajstić information content (AvgIpc) is 2.53. The van der Waals surface area contributed by atoms with Crippen molar-refractivity contribution in [1.82, 2.24) is 5.32 Å². The van der Waals surface area contributed by atoms with Gasteiger partial charge in [-0.1, -0.05) is 57.2 Å². The van der Waals surface area contributed by atoms with Crippen molar-refractivity contribution in [2.45, 2.75) is 51.5 Å². The predicted molar refractivity (Wildman–Crippen MR) is 95.3 cm³/mol. The summed E-state index contributed by atoms with van der Waals surface area (Å²) in [5.41, 5.74) is 7.26. The molecular formula is C21H27N. The zero-order chi connectivity index (χ0) is 15.7. The molecule has 0 heterocycles. The van der Waals surface area contributed by atoms with E-state index in [0.717, 1.165) is 0 Å². The van der Waals surface area contributed by atoms with Crippen molar-refractivity contribution in [2.24, 2.45) is 0 Å². The lowest BCUT2D eigenvalue weighted by Crippen LogP contribution is -2.21. The molecule has 0 saturated carbocycles. The first-order valence-electron chi connectivity index (χ1n) is 8.40. The molecule has 1 N–H and O–H groups in total. The van der Waals surface area contributed by atoms with Crippen molar-refractivity contribution >= 4 is 0 Å². The van der Waals surface area contributed by atoms with E-state index in [2.05, 4.69) is 75.6 Å². The first-order chi connectivity index (χ1) is 10.5. The summed E-state index contributed by atoms with van der Waals surface area (Å²) in [6.45, 7) is 6.79. The van der Waals surface area contributed by atoms with Crippen LogP contribution in [-0.4, -0.2) is 7.05 Å². The second kappa shape index (κ2) is 5.89. The van der Waals surface area contributed by atoms with E-state index in [4.69, 9.17) is 0 Å². The number of hydrogen-bond donors (Lipinski definition) is 1. The lowest BCUT2D eigenvalue weighted by Gasteiger charge is -2.26. The molecule has 1 atom stereocenters. The van der Waals surface area contributed by atoms with Gasteiger partial charge in [-0.05, 0) is 65.6 Å². The molecule has 0 bridgehead atoms. The van der Waals surface area contributed by atoms with E-state index in [-0.39, 0.29) is 5.41 Å². The Kier molecular flexibility index (Phi) is 4.10. The number of hydrogen-bond acceptors (Lipinski definition) is 1. The van der Waals surface area contributed by atoms with E-state index in [1.54, 1.807) is 0 Å².